The summed E-state index contributed by atoms with van der Waals surface area (Å²) in [6.45, 7) is 7.73. The number of aliphatic hydroxyl groups excluding tert-OH is 1. The minimum Gasteiger partial charge on any atom is -0.466 e. The average Bonchev–Trinajstić information content (AvgIpc) is 2.36. The van der Waals surface area contributed by atoms with Gasteiger partial charge in [0.2, 0.25) is 0 Å². The Kier molecular flexibility index (Phi) is 4.46. The summed E-state index contributed by atoms with van der Waals surface area (Å²) in [6, 6.07) is 7.48. The van der Waals surface area contributed by atoms with E-state index >= 15 is 0 Å². The molecule has 1 unspecified atom stereocenters. The average molecular weight is 234 g/mol. The minimum atomic E-state index is -1.01. The molecule has 0 saturated heterocycles. The maximum Gasteiger partial charge on any atom is 0.336 e. The van der Waals surface area contributed by atoms with Crippen LogP contribution in [0.15, 0.2) is 36.4 Å². The minimum absolute atomic E-state index is 0.0461. The van der Waals surface area contributed by atoms with Crippen molar-refractivity contribution < 1.29 is 14.6 Å². The molecule has 1 aromatic carbocycles. The van der Waals surface area contributed by atoms with E-state index in [1.165, 1.54) is 12.7 Å². The molecule has 0 aliphatic rings. The Morgan fingerprint density at radius 2 is 1.71 bits per heavy atom. The van der Waals surface area contributed by atoms with Crippen molar-refractivity contribution >= 4 is 5.97 Å². The highest BCUT2D eigenvalue weighted by Crippen LogP contribution is 2.23. The summed E-state index contributed by atoms with van der Waals surface area (Å²) < 4.78 is 4.52. The molecular formula is C14H18O3. The lowest BCUT2D eigenvalue weighted by Crippen LogP contribution is -2.12. The number of rotatable bonds is 4. The van der Waals surface area contributed by atoms with E-state index in [0.717, 1.165) is 0 Å². The molecule has 1 aromatic rings. The third-order valence-electron chi connectivity index (χ3n) is 2.70. The molecular weight excluding hydrogens is 216 g/mol. The third-order valence-corrected chi connectivity index (χ3v) is 2.70. The highest BCUT2D eigenvalue weighted by Gasteiger charge is 2.18. The standard InChI is InChI=1S/C14H18O3/c1-9(2)11-5-7-12(8-6-11)13(15)10(3)14(16)17-4/h5-9,13,15H,3H2,1-2,4H3. The van der Waals surface area contributed by atoms with Gasteiger partial charge in [0.15, 0.2) is 0 Å². The number of esters is 1. The highest BCUT2D eigenvalue weighted by molar-refractivity contribution is 5.88. The number of hydrogen-bond acceptors (Lipinski definition) is 3. The molecule has 0 bridgehead atoms. The first-order valence-electron chi connectivity index (χ1n) is 5.52. The van der Waals surface area contributed by atoms with Crippen molar-refractivity contribution in [2.45, 2.75) is 25.9 Å². The van der Waals surface area contributed by atoms with Crippen molar-refractivity contribution in [2.75, 3.05) is 7.11 Å². The van der Waals surface area contributed by atoms with Crippen LogP contribution in [0.4, 0.5) is 0 Å². The van der Waals surface area contributed by atoms with Gasteiger partial charge in [0.1, 0.15) is 6.10 Å². The Labute approximate surface area is 102 Å². The highest BCUT2D eigenvalue weighted by atomic mass is 16.5. The van der Waals surface area contributed by atoms with Crippen molar-refractivity contribution in [1.29, 1.82) is 0 Å². The number of carbonyl (C=O) groups is 1. The fraction of sp³-hybridized carbons (Fsp3) is 0.357. The van der Waals surface area contributed by atoms with Gasteiger partial charge in [-0.1, -0.05) is 44.7 Å². The summed E-state index contributed by atoms with van der Waals surface area (Å²) in [6.07, 6.45) is -1.01. The lowest BCUT2D eigenvalue weighted by atomic mass is 9.97. The van der Waals surface area contributed by atoms with Gasteiger partial charge in [0.05, 0.1) is 12.7 Å². The van der Waals surface area contributed by atoms with Gasteiger partial charge in [0.25, 0.3) is 0 Å². The quantitative estimate of drug-likeness (QED) is 0.643. The van der Waals surface area contributed by atoms with Crippen LogP contribution >= 0.6 is 0 Å². The Morgan fingerprint density at radius 3 is 2.12 bits per heavy atom. The largest absolute Gasteiger partial charge is 0.466 e. The van der Waals surface area contributed by atoms with Crippen molar-refractivity contribution in [2.24, 2.45) is 0 Å². The molecule has 3 heteroatoms. The third kappa shape index (κ3) is 3.17. The van der Waals surface area contributed by atoms with Gasteiger partial charge in [-0.2, -0.15) is 0 Å². The zero-order valence-corrected chi connectivity index (χ0v) is 10.4. The first kappa shape index (κ1) is 13.5. The van der Waals surface area contributed by atoms with Crippen LogP contribution in [0.2, 0.25) is 0 Å². The van der Waals surface area contributed by atoms with Gasteiger partial charge in [0, 0.05) is 0 Å². The Hall–Kier alpha value is -1.61. The molecule has 0 aliphatic heterocycles. The molecule has 0 radical (unpaired) electrons. The van der Waals surface area contributed by atoms with Crippen molar-refractivity contribution in [3.63, 3.8) is 0 Å². The second-order valence-electron chi connectivity index (χ2n) is 4.24. The molecule has 0 aromatic heterocycles. The van der Waals surface area contributed by atoms with E-state index in [1.54, 1.807) is 12.1 Å². The summed E-state index contributed by atoms with van der Waals surface area (Å²) in [5.41, 5.74) is 1.87. The van der Waals surface area contributed by atoms with E-state index < -0.39 is 12.1 Å². The zero-order chi connectivity index (χ0) is 13.0. The first-order valence-corrected chi connectivity index (χ1v) is 5.52. The molecule has 1 atom stereocenters. The molecule has 0 heterocycles. The van der Waals surface area contributed by atoms with Crippen LogP contribution in [-0.2, 0) is 9.53 Å². The molecule has 0 aliphatic carbocycles. The van der Waals surface area contributed by atoms with Gasteiger partial charge in [-0.3, -0.25) is 0 Å². The van der Waals surface area contributed by atoms with Crippen LogP contribution in [0.3, 0.4) is 0 Å². The summed E-state index contributed by atoms with van der Waals surface area (Å²) >= 11 is 0. The van der Waals surface area contributed by atoms with Gasteiger partial charge < -0.3 is 9.84 Å². The molecule has 1 rings (SSSR count). The van der Waals surface area contributed by atoms with Gasteiger partial charge in [-0.05, 0) is 17.0 Å². The van der Waals surface area contributed by atoms with E-state index in [4.69, 9.17) is 0 Å². The Morgan fingerprint density at radius 1 is 1.24 bits per heavy atom. The first-order chi connectivity index (χ1) is 7.97. The zero-order valence-electron chi connectivity index (χ0n) is 10.4. The van der Waals surface area contributed by atoms with Crippen LogP contribution in [0, 0.1) is 0 Å². The van der Waals surface area contributed by atoms with Crippen molar-refractivity contribution in [1.82, 2.24) is 0 Å². The molecule has 0 fully saturated rings. The smallest absolute Gasteiger partial charge is 0.336 e. The fourth-order valence-corrected chi connectivity index (χ4v) is 1.51. The molecule has 0 saturated carbocycles. The van der Waals surface area contributed by atoms with E-state index in [0.29, 0.717) is 11.5 Å². The molecule has 0 amide bonds. The summed E-state index contributed by atoms with van der Waals surface area (Å²) in [5, 5.41) is 9.92. The Bertz CT molecular complexity index is 404. The summed E-state index contributed by atoms with van der Waals surface area (Å²) in [7, 11) is 1.27. The van der Waals surface area contributed by atoms with Crippen molar-refractivity contribution in [3.05, 3.63) is 47.5 Å². The molecule has 17 heavy (non-hydrogen) atoms. The molecule has 1 N–H and O–H groups in total. The summed E-state index contributed by atoms with van der Waals surface area (Å²) in [4.78, 5) is 11.2. The number of aliphatic hydroxyl groups is 1. The SMILES string of the molecule is C=C(C(=O)OC)C(O)c1ccc(C(C)C)cc1. The predicted octanol–water partition coefficient (Wildman–Crippen LogP) is 2.57. The van der Waals surface area contributed by atoms with Crippen LogP contribution in [0.25, 0.3) is 0 Å². The Balaban J connectivity index is 2.86. The van der Waals surface area contributed by atoms with Gasteiger partial charge >= 0.3 is 5.97 Å². The monoisotopic (exact) mass is 234 g/mol. The maximum atomic E-state index is 11.2. The lowest BCUT2D eigenvalue weighted by molar-refractivity contribution is -0.137. The number of hydrogen-bond donors (Lipinski definition) is 1. The number of carbonyl (C=O) groups excluding carboxylic acids is 1. The second-order valence-corrected chi connectivity index (χ2v) is 4.24. The number of methoxy groups -OCH3 is 1. The topological polar surface area (TPSA) is 46.5 Å². The van der Waals surface area contributed by atoms with E-state index in [1.807, 2.05) is 12.1 Å². The normalized spacial score (nSPS) is 12.3. The van der Waals surface area contributed by atoms with Crippen LogP contribution in [-0.4, -0.2) is 18.2 Å². The molecule has 92 valence electrons. The van der Waals surface area contributed by atoms with E-state index in [-0.39, 0.29) is 5.57 Å². The van der Waals surface area contributed by atoms with E-state index in [9.17, 15) is 9.90 Å². The fourth-order valence-electron chi connectivity index (χ4n) is 1.51. The molecule has 3 nitrogen and oxygen atoms in total. The lowest BCUT2D eigenvalue weighted by Gasteiger charge is -2.13. The second kappa shape index (κ2) is 5.64. The van der Waals surface area contributed by atoms with Gasteiger partial charge in [-0.15, -0.1) is 0 Å². The van der Waals surface area contributed by atoms with Crippen LogP contribution in [0.5, 0.6) is 0 Å². The number of ether oxygens (including phenoxy) is 1. The van der Waals surface area contributed by atoms with Gasteiger partial charge in [-0.25, -0.2) is 4.79 Å². The maximum absolute atomic E-state index is 11.2. The summed E-state index contributed by atoms with van der Waals surface area (Å²) in [5.74, 6) is -0.157. The van der Waals surface area contributed by atoms with Crippen LogP contribution in [0.1, 0.15) is 37.0 Å². The predicted molar refractivity (Wildman–Crippen MR) is 66.6 cm³/mol. The van der Waals surface area contributed by atoms with Crippen molar-refractivity contribution in [3.8, 4) is 0 Å². The van der Waals surface area contributed by atoms with E-state index in [2.05, 4.69) is 25.2 Å². The number of benzene rings is 1. The molecule has 0 spiro atoms. The van der Waals surface area contributed by atoms with Crippen LogP contribution < -0.4 is 0 Å².